The fraction of sp³-hybridized carbons (Fsp3) is 0.484. The summed E-state index contributed by atoms with van der Waals surface area (Å²) in [6.07, 6.45) is 1.32. The first-order valence-corrected chi connectivity index (χ1v) is 17.7. The number of aromatic nitrogens is 2. The molecular weight excluding hydrogens is 585 g/mol. The van der Waals surface area contributed by atoms with Crippen molar-refractivity contribution in [2.75, 3.05) is 27.6 Å². The number of amides is 1. The Hall–Kier alpha value is -3.51. The van der Waals surface area contributed by atoms with E-state index in [1.54, 1.807) is 21.1 Å². The van der Waals surface area contributed by atoms with Gasteiger partial charge in [-0.2, -0.15) is 4.98 Å². The fourth-order valence-electron chi connectivity index (χ4n) is 5.62. The van der Waals surface area contributed by atoms with Crippen LogP contribution in [-0.4, -0.2) is 63.2 Å². The Bertz CT molecular complexity index is 1390. The molecule has 1 aromatic heterocycles. The standard InChI is InChI=1S/C31H44N4O6SSi/c1-18(2)43(19(3)4,20(5)6)41-26-17-23(16-25(37-8)28(26)38-9)27(30(42-11)34-31(36)39-10)33-24-14-12-22(13-15-24)29-32-21(7)40-35-29/h12-20,30H,1-11H3,(H,34,36). The van der Waals surface area contributed by atoms with E-state index in [2.05, 4.69) is 57.0 Å². The number of carbonyl (C=O) groups excluding carboxylic acids is 1. The van der Waals surface area contributed by atoms with Crippen LogP contribution in [0, 0.1) is 6.92 Å². The Labute approximate surface area is 260 Å². The second-order valence-electron chi connectivity index (χ2n) is 11.1. The minimum atomic E-state index is -2.38. The van der Waals surface area contributed by atoms with Crippen LogP contribution in [-0.2, 0) is 4.74 Å². The number of ether oxygens (including phenoxy) is 3. The molecule has 10 nitrogen and oxygen atoms in total. The smallest absolute Gasteiger partial charge is 0.408 e. The van der Waals surface area contributed by atoms with Crippen molar-refractivity contribution >= 4 is 37.6 Å². The van der Waals surface area contributed by atoms with Gasteiger partial charge in [0.15, 0.2) is 11.5 Å². The van der Waals surface area contributed by atoms with Crippen molar-refractivity contribution in [1.82, 2.24) is 15.5 Å². The van der Waals surface area contributed by atoms with E-state index in [1.807, 2.05) is 42.7 Å². The highest BCUT2D eigenvalue weighted by atomic mass is 32.2. The van der Waals surface area contributed by atoms with Crippen LogP contribution in [0.2, 0.25) is 16.6 Å². The third-order valence-electron chi connectivity index (χ3n) is 7.56. The molecule has 0 aliphatic heterocycles. The summed E-state index contributed by atoms with van der Waals surface area (Å²) < 4.78 is 28.8. The first kappa shape index (κ1) is 34.0. The monoisotopic (exact) mass is 628 g/mol. The summed E-state index contributed by atoms with van der Waals surface area (Å²) in [5.41, 5.74) is 3.75. The fourth-order valence-corrected chi connectivity index (χ4v) is 11.5. The van der Waals surface area contributed by atoms with Crippen molar-refractivity contribution in [3.8, 4) is 28.6 Å². The largest absolute Gasteiger partial charge is 0.540 e. The highest BCUT2D eigenvalue weighted by molar-refractivity contribution is 7.99. The molecule has 1 N–H and O–H groups in total. The number of nitrogens with one attached hydrogen (secondary N) is 1. The molecule has 234 valence electrons. The molecular formula is C31H44N4O6SSi. The van der Waals surface area contributed by atoms with Gasteiger partial charge in [-0.3, -0.25) is 0 Å². The number of hydrogen-bond acceptors (Lipinski definition) is 10. The number of thioether (sulfide) groups is 1. The summed E-state index contributed by atoms with van der Waals surface area (Å²) in [6.45, 7) is 15.1. The second-order valence-corrected chi connectivity index (χ2v) is 17.4. The molecule has 0 aliphatic carbocycles. The summed E-state index contributed by atoms with van der Waals surface area (Å²) in [5, 5.41) is 6.34. The van der Waals surface area contributed by atoms with Crippen molar-refractivity contribution in [3.63, 3.8) is 0 Å². The number of rotatable bonds is 13. The highest BCUT2D eigenvalue weighted by Gasteiger charge is 2.47. The summed E-state index contributed by atoms with van der Waals surface area (Å²) in [5.74, 6) is 2.60. The van der Waals surface area contributed by atoms with E-state index in [0.717, 1.165) is 5.56 Å². The number of nitrogens with zero attached hydrogens (tertiary/aromatic N) is 3. The third kappa shape index (κ3) is 7.53. The summed E-state index contributed by atoms with van der Waals surface area (Å²) in [4.78, 5) is 21.7. The SMILES string of the molecule is COC(=O)NC(SC)C(=Nc1ccc(-c2noc(C)n2)cc1)c1cc(OC)c(OC)c(O[Si](C(C)C)(C(C)C)C(C)C)c1. The topological polar surface area (TPSA) is 117 Å². The molecule has 0 radical (unpaired) electrons. The van der Waals surface area contributed by atoms with Crippen LogP contribution in [0.1, 0.15) is 53.0 Å². The van der Waals surface area contributed by atoms with Crippen LogP contribution in [0.25, 0.3) is 11.4 Å². The number of carbonyl (C=O) groups is 1. The first-order chi connectivity index (χ1) is 20.4. The number of methoxy groups -OCH3 is 3. The number of aryl methyl sites for hydroxylation is 1. The van der Waals surface area contributed by atoms with Gasteiger partial charge in [-0.15, -0.1) is 11.8 Å². The van der Waals surface area contributed by atoms with Gasteiger partial charge in [0.1, 0.15) is 5.37 Å². The summed E-state index contributed by atoms with van der Waals surface area (Å²) in [6, 6.07) is 11.3. The molecule has 0 saturated heterocycles. The van der Waals surface area contributed by atoms with Crippen LogP contribution < -0.4 is 19.2 Å². The van der Waals surface area contributed by atoms with Crippen LogP contribution >= 0.6 is 11.8 Å². The lowest BCUT2D eigenvalue weighted by Crippen LogP contribution is -2.50. The molecule has 1 heterocycles. The maximum atomic E-state index is 12.4. The van der Waals surface area contributed by atoms with Crippen molar-refractivity contribution < 1.29 is 28.0 Å². The highest BCUT2D eigenvalue weighted by Crippen LogP contribution is 2.47. The lowest BCUT2D eigenvalue weighted by Gasteiger charge is -2.42. The minimum Gasteiger partial charge on any atom is -0.540 e. The predicted molar refractivity (Wildman–Crippen MR) is 175 cm³/mol. The van der Waals surface area contributed by atoms with Gasteiger partial charge in [-0.05, 0) is 59.3 Å². The molecule has 1 amide bonds. The Morgan fingerprint density at radius 2 is 1.56 bits per heavy atom. The zero-order valence-electron chi connectivity index (χ0n) is 27.0. The van der Waals surface area contributed by atoms with Gasteiger partial charge in [0.25, 0.3) is 8.32 Å². The molecule has 1 unspecified atom stereocenters. The zero-order valence-corrected chi connectivity index (χ0v) is 28.8. The van der Waals surface area contributed by atoms with E-state index >= 15 is 0 Å². The van der Waals surface area contributed by atoms with Crippen LogP contribution in [0.3, 0.4) is 0 Å². The molecule has 0 bridgehead atoms. The van der Waals surface area contributed by atoms with E-state index in [9.17, 15) is 4.79 Å². The van der Waals surface area contributed by atoms with Gasteiger partial charge in [0.05, 0.1) is 32.7 Å². The predicted octanol–water partition coefficient (Wildman–Crippen LogP) is 7.78. The first-order valence-electron chi connectivity index (χ1n) is 14.2. The number of alkyl carbamates (subject to hydrolysis) is 1. The van der Waals surface area contributed by atoms with E-state index in [0.29, 0.717) is 62.5 Å². The number of benzene rings is 2. The Morgan fingerprint density at radius 3 is 2.02 bits per heavy atom. The Morgan fingerprint density at radius 1 is 0.953 bits per heavy atom. The third-order valence-corrected chi connectivity index (χ3v) is 14.4. The number of hydrogen-bond donors (Lipinski definition) is 1. The molecule has 2 aromatic carbocycles. The molecule has 3 rings (SSSR count). The van der Waals surface area contributed by atoms with Crippen LogP contribution in [0.15, 0.2) is 45.9 Å². The molecule has 0 aliphatic rings. The molecule has 12 heteroatoms. The maximum Gasteiger partial charge on any atom is 0.408 e. The average Bonchev–Trinajstić information content (AvgIpc) is 3.42. The van der Waals surface area contributed by atoms with Crippen molar-refractivity contribution in [2.45, 2.75) is 70.5 Å². The molecule has 1 atom stereocenters. The average molecular weight is 629 g/mol. The molecule has 0 saturated carbocycles. The van der Waals surface area contributed by atoms with Gasteiger partial charge in [-0.25, -0.2) is 9.79 Å². The van der Waals surface area contributed by atoms with Gasteiger partial charge < -0.3 is 28.5 Å². The maximum absolute atomic E-state index is 12.4. The van der Waals surface area contributed by atoms with E-state index in [4.69, 9.17) is 28.2 Å². The van der Waals surface area contributed by atoms with Crippen LogP contribution in [0.4, 0.5) is 10.5 Å². The molecule has 3 aromatic rings. The quantitative estimate of drug-likeness (QED) is 0.115. The second kappa shape index (κ2) is 14.8. The minimum absolute atomic E-state index is 0.335. The molecule has 0 fully saturated rings. The van der Waals surface area contributed by atoms with E-state index in [-0.39, 0.29) is 0 Å². The Balaban J connectivity index is 2.24. The molecule has 43 heavy (non-hydrogen) atoms. The summed E-state index contributed by atoms with van der Waals surface area (Å²) >= 11 is 1.42. The van der Waals surface area contributed by atoms with E-state index in [1.165, 1.54) is 18.9 Å². The van der Waals surface area contributed by atoms with Crippen molar-refractivity contribution in [2.24, 2.45) is 4.99 Å². The van der Waals surface area contributed by atoms with Crippen LogP contribution in [0.5, 0.6) is 17.2 Å². The zero-order chi connectivity index (χ0) is 31.9. The van der Waals surface area contributed by atoms with Gasteiger partial charge in [0.2, 0.25) is 17.5 Å². The molecule has 0 spiro atoms. The van der Waals surface area contributed by atoms with E-state index < -0.39 is 19.8 Å². The van der Waals surface area contributed by atoms with Gasteiger partial charge in [-0.1, -0.05) is 46.7 Å². The van der Waals surface area contributed by atoms with Crippen molar-refractivity contribution in [3.05, 3.63) is 47.9 Å². The van der Waals surface area contributed by atoms with Crippen molar-refractivity contribution in [1.29, 1.82) is 0 Å². The lowest BCUT2D eigenvalue weighted by atomic mass is 10.1. The summed E-state index contributed by atoms with van der Waals surface area (Å²) in [7, 11) is 2.16. The van der Waals surface area contributed by atoms with Gasteiger partial charge in [0, 0.05) is 18.1 Å². The van der Waals surface area contributed by atoms with Gasteiger partial charge >= 0.3 is 6.09 Å². The lowest BCUT2D eigenvalue weighted by molar-refractivity contribution is 0.172. The number of aliphatic imine (C=N–C) groups is 1. The Kier molecular flexibility index (Phi) is 11.7. The normalized spacial score (nSPS) is 12.9.